The molecule has 1 saturated heterocycles. The average Bonchev–Trinajstić information content (AvgIpc) is 3.08. The molecule has 3 aromatic rings. The van der Waals surface area contributed by atoms with Gasteiger partial charge in [-0.25, -0.2) is 4.98 Å². The predicted molar refractivity (Wildman–Crippen MR) is 119 cm³/mol. The van der Waals surface area contributed by atoms with E-state index < -0.39 is 0 Å². The molecule has 1 aliphatic rings. The maximum absolute atomic E-state index is 6.41. The summed E-state index contributed by atoms with van der Waals surface area (Å²) in [5.41, 5.74) is 3.71. The minimum atomic E-state index is 0.706. The van der Waals surface area contributed by atoms with Crippen molar-refractivity contribution in [3.8, 4) is 11.3 Å². The molecule has 0 spiro atoms. The van der Waals surface area contributed by atoms with E-state index in [4.69, 9.17) is 16.6 Å². The number of nitrogens with zero attached hydrogens (tertiary/aromatic N) is 5. The standard InChI is InChI=1S/C20H26BClN6/c1-26-9-11-27(12-10-26)8-4-7-23-19-13-18(15-5-2-3-6-17(15)22)25-20-16(21)14-24-28(19)20/h2-3,5-6,13-14,23H,4,7-12,21H2,1H3. The third-order valence-corrected chi connectivity index (χ3v) is 5.68. The fourth-order valence-electron chi connectivity index (χ4n) is 3.60. The van der Waals surface area contributed by atoms with Crippen molar-refractivity contribution in [1.82, 2.24) is 24.4 Å². The van der Waals surface area contributed by atoms with Crippen molar-refractivity contribution in [2.24, 2.45) is 0 Å². The van der Waals surface area contributed by atoms with E-state index in [0.29, 0.717) is 5.02 Å². The van der Waals surface area contributed by atoms with Crippen LogP contribution in [0.4, 0.5) is 5.82 Å². The number of halogens is 1. The molecule has 1 aromatic carbocycles. The van der Waals surface area contributed by atoms with Gasteiger partial charge in [-0.1, -0.05) is 29.8 Å². The van der Waals surface area contributed by atoms with E-state index in [1.54, 1.807) is 0 Å². The zero-order valence-corrected chi connectivity index (χ0v) is 17.3. The first-order chi connectivity index (χ1) is 13.6. The molecule has 146 valence electrons. The number of nitrogens with one attached hydrogen (secondary N) is 1. The van der Waals surface area contributed by atoms with Crippen LogP contribution < -0.4 is 10.8 Å². The number of hydrogen-bond donors (Lipinski definition) is 1. The van der Waals surface area contributed by atoms with Gasteiger partial charge in [-0.15, -0.1) is 0 Å². The molecular formula is C20H26BClN6. The van der Waals surface area contributed by atoms with Gasteiger partial charge < -0.3 is 15.1 Å². The lowest BCUT2D eigenvalue weighted by atomic mass is 10.0. The Kier molecular flexibility index (Phi) is 5.85. The van der Waals surface area contributed by atoms with Crippen LogP contribution in [0.1, 0.15) is 6.42 Å². The molecule has 0 atom stereocenters. The Bertz CT molecular complexity index is 951. The van der Waals surface area contributed by atoms with Crippen LogP contribution in [0.3, 0.4) is 0 Å². The second-order valence-electron chi connectivity index (χ2n) is 7.49. The van der Waals surface area contributed by atoms with Gasteiger partial charge in [-0.05, 0) is 31.5 Å². The Labute approximate surface area is 171 Å². The summed E-state index contributed by atoms with van der Waals surface area (Å²) in [6.07, 6.45) is 2.95. The number of hydrogen-bond acceptors (Lipinski definition) is 5. The summed E-state index contributed by atoms with van der Waals surface area (Å²) in [6, 6.07) is 9.86. The van der Waals surface area contributed by atoms with Crippen molar-refractivity contribution >= 4 is 36.4 Å². The molecule has 0 radical (unpaired) electrons. The molecule has 1 fully saturated rings. The van der Waals surface area contributed by atoms with Crippen LogP contribution in [-0.2, 0) is 0 Å². The van der Waals surface area contributed by atoms with Crippen molar-refractivity contribution in [3.63, 3.8) is 0 Å². The fourth-order valence-corrected chi connectivity index (χ4v) is 3.83. The first-order valence-electron chi connectivity index (χ1n) is 9.87. The van der Waals surface area contributed by atoms with E-state index in [-0.39, 0.29) is 0 Å². The Morgan fingerprint density at radius 3 is 2.75 bits per heavy atom. The average molecular weight is 397 g/mol. The Morgan fingerprint density at radius 2 is 1.96 bits per heavy atom. The lowest BCUT2D eigenvalue weighted by Gasteiger charge is -2.32. The van der Waals surface area contributed by atoms with Gasteiger partial charge in [0.1, 0.15) is 13.7 Å². The van der Waals surface area contributed by atoms with E-state index in [2.05, 4.69) is 27.3 Å². The van der Waals surface area contributed by atoms with Crippen LogP contribution in [0, 0.1) is 0 Å². The lowest BCUT2D eigenvalue weighted by Crippen LogP contribution is -2.44. The summed E-state index contributed by atoms with van der Waals surface area (Å²) in [5.74, 6) is 0.950. The molecule has 6 nitrogen and oxygen atoms in total. The fraction of sp³-hybridized carbons (Fsp3) is 0.400. The summed E-state index contributed by atoms with van der Waals surface area (Å²) in [6.45, 7) is 6.64. The Hall–Kier alpha value is -2.09. The highest BCUT2D eigenvalue weighted by molar-refractivity contribution is 6.36. The largest absolute Gasteiger partial charge is 0.370 e. The molecule has 0 saturated carbocycles. The van der Waals surface area contributed by atoms with Crippen LogP contribution in [-0.4, -0.2) is 78.6 Å². The van der Waals surface area contributed by atoms with Crippen molar-refractivity contribution in [1.29, 1.82) is 0 Å². The lowest BCUT2D eigenvalue weighted by molar-refractivity contribution is 0.154. The molecule has 2 aromatic heterocycles. The molecule has 0 bridgehead atoms. The molecule has 1 aliphatic heterocycles. The number of aromatic nitrogens is 3. The number of likely N-dealkylation sites (N-methyl/N-ethyl adjacent to an activating group) is 1. The van der Waals surface area contributed by atoms with Crippen LogP contribution in [0.5, 0.6) is 0 Å². The van der Waals surface area contributed by atoms with Crippen LogP contribution in [0.15, 0.2) is 36.5 Å². The monoisotopic (exact) mass is 396 g/mol. The third-order valence-electron chi connectivity index (χ3n) is 5.35. The van der Waals surface area contributed by atoms with Gasteiger partial charge in [-0.2, -0.15) is 9.61 Å². The van der Waals surface area contributed by atoms with E-state index in [0.717, 1.165) is 73.9 Å². The van der Waals surface area contributed by atoms with Gasteiger partial charge in [0.05, 0.1) is 5.69 Å². The molecule has 0 unspecified atom stereocenters. The normalized spacial score (nSPS) is 15.9. The van der Waals surface area contributed by atoms with Gasteiger partial charge >= 0.3 is 0 Å². The van der Waals surface area contributed by atoms with E-state index >= 15 is 0 Å². The molecule has 3 heterocycles. The summed E-state index contributed by atoms with van der Waals surface area (Å²) in [7, 11) is 4.22. The molecule has 4 rings (SSSR count). The first-order valence-corrected chi connectivity index (χ1v) is 10.2. The van der Waals surface area contributed by atoms with Gasteiger partial charge in [0.2, 0.25) is 0 Å². The van der Waals surface area contributed by atoms with Gasteiger partial charge in [-0.3, -0.25) is 0 Å². The van der Waals surface area contributed by atoms with Crippen molar-refractivity contribution < 1.29 is 0 Å². The molecule has 0 amide bonds. The zero-order chi connectivity index (χ0) is 19.5. The zero-order valence-electron chi connectivity index (χ0n) is 16.5. The highest BCUT2D eigenvalue weighted by Crippen LogP contribution is 2.28. The minimum Gasteiger partial charge on any atom is -0.370 e. The van der Waals surface area contributed by atoms with Crippen LogP contribution >= 0.6 is 11.6 Å². The number of piperazine rings is 1. The maximum atomic E-state index is 6.41. The summed E-state index contributed by atoms with van der Waals surface area (Å²) in [4.78, 5) is 9.72. The molecule has 0 aliphatic carbocycles. The summed E-state index contributed by atoms with van der Waals surface area (Å²) < 4.78 is 1.88. The second kappa shape index (κ2) is 8.51. The number of rotatable bonds is 6. The smallest absolute Gasteiger partial charge is 0.151 e. The van der Waals surface area contributed by atoms with Gasteiger partial charge in [0, 0.05) is 55.6 Å². The van der Waals surface area contributed by atoms with Crippen molar-refractivity contribution in [2.75, 3.05) is 51.6 Å². The quantitative estimate of drug-likeness (QED) is 0.503. The van der Waals surface area contributed by atoms with Gasteiger partial charge in [0.25, 0.3) is 0 Å². The molecule has 28 heavy (non-hydrogen) atoms. The maximum Gasteiger partial charge on any atom is 0.151 e. The number of benzene rings is 1. The second-order valence-corrected chi connectivity index (χ2v) is 7.90. The molecule has 8 heteroatoms. The minimum absolute atomic E-state index is 0.706. The highest BCUT2D eigenvalue weighted by atomic mass is 35.5. The summed E-state index contributed by atoms with van der Waals surface area (Å²) in [5, 5.41) is 8.76. The van der Waals surface area contributed by atoms with E-state index in [1.807, 2.05) is 48.9 Å². The Balaban J connectivity index is 1.49. The van der Waals surface area contributed by atoms with Crippen molar-refractivity contribution in [3.05, 3.63) is 41.6 Å². The van der Waals surface area contributed by atoms with E-state index in [1.165, 1.54) is 0 Å². The topological polar surface area (TPSA) is 48.7 Å². The number of fused-ring (bicyclic) bond motifs is 1. The predicted octanol–water partition coefficient (Wildman–Crippen LogP) is 1.36. The SMILES string of the molecule is Bc1cnn2c(NCCCN3CCN(C)CC3)cc(-c3ccccc3Cl)nc12. The molecular weight excluding hydrogens is 371 g/mol. The number of anilines is 1. The van der Waals surface area contributed by atoms with Crippen molar-refractivity contribution in [2.45, 2.75) is 6.42 Å². The molecule has 1 N–H and O–H groups in total. The van der Waals surface area contributed by atoms with Gasteiger partial charge in [0.15, 0.2) is 5.65 Å². The first kappa shape index (κ1) is 19.2. The Morgan fingerprint density at radius 1 is 1.18 bits per heavy atom. The van der Waals surface area contributed by atoms with Crippen LogP contribution in [0.2, 0.25) is 5.02 Å². The third kappa shape index (κ3) is 4.16. The highest BCUT2D eigenvalue weighted by Gasteiger charge is 2.14. The summed E-state index contributed by atoms with van der Waals surface area (Å²) >= 11 is 6.41. The van der Waals surface area contributed by atoms with Crippen LogP contribution in [0.25, 0.3) is 16.9 Å². The van der Waals surface area contributed by atoms with E-state index in [9.17, 15) is 0 Å².